The molecule has 1 unspecified atom stereocenters. The van der Waals surface area contributed by atoms with Crippen molar-refractivity contribution in [2.45, 2.75) is 25.8 Å². The van der Waals surface area contributed by atoms with Crippen LogP contribution in [0.25, 0.3) is 0 Å². The minimum atomic E-state index is -3.58. The molecule has 1 aromatic carbocycles. The highest BCUT2D eigenvalue weighted by Crippen LogP contribution is 2.33. The molecule has 3 rings (SSSR count). The Labute approximate surface area is 163 Å². The lowest BCUT2D eigenvalue weighted by atomic mass is 10.2. The summed E-state index contributed by atoms with van der Waals surface area (Å²) in [6, 6.07) is 4.96. The number of halogens is 1. The van der Waals surface area contributed by atoms with E-state index in [0.29, 0.717) is 36.6 Å². The molecular formula is C18H22FN5O3S. The SMILES string of the molecule is Cc1nc(C2CCCN2S(=O)(=O)N(C)C)ncc1C(=O)Nc1ccc(F)cc1. The Morgan fingerprint density at radius 2 is 1.96 bits per heavy atom. The van der Waals surface area contributed by atoms with Gasteiger partial charge in [-0.15, -0.1) is 0 Å². The van der Waals surface area contributed by atoms with Crippen molar-refractivity contribution in [3.8, 4) is 0 Å². The number of nitrogens with zero attached hydrogens (tertiary/aromatic N) is 4. The smallest absolute Gasteiger partial charge is 0.282 e. The molecule has 150 valence electrons. The predicted octanol–water partition coefficient (Wildman–Crippen LogP) is 2.12. The Kier molecular flexibility index (Phi) is 5.73. The van der Waals surface area contributed by atoms with E-state index < -0.39 is 28.0 Å². The number of nitrogens with one attached hydrogen (secondary N) is 1. The molecular weight excluding hydrogens is 385 g/mol. The second-order valence-corrected chi connectivity index (χ2v) is 8.84. The predicted molar refractivity (Wildman–Crippen MR) is 102 cm³/mol. The molecule has 28 heavy (non-hydrogen) atoms. The first-order chi connectivity index (χ1) is 13.2. The number of aryl methyl sites for hydroxylation is 1. The van der Waals surface area contributed by atoms with E-state index in [1.165, 1.54) is 53.2 Å². The van der Waals surface area contributed by atoms with E-state index in [-0.39, 0.29) is 5.56 Å². The summed E-state index contributed by atoms with van der Waals surface area (Å²) in [4.78, 5) is 21.1. The Bertz CT molecular complexity index is 979. The van der Waals surface area contributed by atoms with Crippen molar-refractivity contribution in [2.24, 2.45) is 0 Å². The van der Waals surface area contributed by atoms with E-state index in [4.69, 9.17) is 0 Å². The van der Waals surface area contributed by atoms with Crippen molar-refractivity contribution in [3.05, 3.63) is 53.4 Å². The minimum Gasteiger partial charge on any atom is -0.322 e. The van der Waals surface area contributed by atoms with Gasteiger partial charge in [-0.05, 0) is 44.0 Å². The fourth-order valence-corrected chi connectivity index (χ4v) is 4.38. The van der Waals surface area contributed by atoms with Gasteiger partial charge in [0.2, 0.25) is 0 Å². The molecule has 1 aliphatic heterocycles. The summed E-state index contributed by atoms with van der Waals surface area (Å²) in [6.45, 7) is 2.07. The van der Waals surface area contributed by atoms with Crippen LogP contribution in [-0.4, -0.2) is 53.5 Å². The van der Waals surface area contributed by atoms with Gasteiger partial charge in [0, 0.05) is 32.5 Å². The van der Waals surface area contributed by atoms with Crippen molar-refractivity contribution in [1.29, 1.82) is 0 Å². The second-order valence-electron chi connectivity index (χ2n) is 6.75. The molecule has 0 spiro atoms. The lowest BCUT2D eigenvalue weighted by Crippen LogP contribution is -2.40. The normalized spacial score (nSPS) is 17.8. The summed E-state index contributed by atoms with van der Waals surface area (Å²) in [5, 5.41) is 2.66. The lowest BCUT2D eigenvalue weighted by Gasteiger charge is -2.26. The molecule has 10 heteroatoms. The molecule has 0 saturated carbocycles. The number of carbonyl (C=O) groups is 1. The molecule has 0 aliphatic carbocycles. The molecule has 1 N–H and O–H groups in total. The largest absolute Gasteiger partial charge is 0.322 e. The monoisotopic (exact) mass is 407 g/mol. The van der Waals surface area contributed by atoms with Crippen molar-refractivity contribution in [3.63, 3.8) is 0 Å². The van der Waals surface area contributed by atoms with Crippen LogP contribution in [0, 0.1) is 12.7 Å². The first kappa shape index (κ1) is 20.3. The first-order valence-corrected chi connectivity index (χ1v) is 10.2. The number of rotatable bonds is 5. The van der Waals surface area contributed by atoms with Crippen molar-refractivity contribution < 1.29 is 17.6 Å². The van der Waals surface area contributed by atoms with E-state index in [9.17, 15) is 17.6 Å². The molecule has 1 amide bonds. The van der Waals surface area contributed by atoms with E-state index in [1.54, 1.807) is 6.92 Å². The number of amides is 1. The maximum absolute atomic E-state index is 13.0. The van der Waals surface area contributed by atoms with Gasteiger partial charge in [-0.25, -0.2) is 14.4 Å². The quantitative estimate of drug-likeness (QED) is 0.819. The van der Waals surface area contributed by atoms with Gasteiger partial charge in [0.05, 0.1) is 17.3 Å². The number of hydrogen-bond acceptors (Lipinski definition) is 5. The maximum Gasteiger partial charge on any atom is 0.282 e. The zero-order valence-corrected chi connectivity index (χ0v) is 16.7. The summed E-state index contributed by atoms with van der Waals surface area (Å²) in [5.74, 6) is -0.436. The lowest BCUT2D eigenvalue weighted by molar-refractivity contribution is 0.102. The van der Waals surface area contributed by atoms with Crippen molar-refractivity contribution in [2.75, 3.05) is 26.0 Å². The molecule has 1 aromatic heterocycles. The van der Waals surface area contributed by atoms with Crippen LogP contribution in [0.2, 0.25) is 0 Å². The summed E-state index contributed by atoms with van der Waals surface area (Å²) in [6.07, 6.45) is 2.73. The Morgan fingerprint density at radius 3 is 2.57 bits per heavy atom. The number of aromatic nitrogens is 2. The van der Waals surface area contributed by atoms with Crippen LogP contribution in [0.3, 0.4) is 0 Å². The van der Waals surface area contributed by atoms with E-state index in [2.05, 4.69) is 15.3 Å². The van der Waals surface area contributed by atoms with Gasteiger partial charge in [0.15, 0.2) is 0 Å². The Morgan fingerprint density at radius 1 is 1.29 bits per heavy atom. The standard InChI is InChI=1S/C18H22FN5O3S/c1-12-15(18(25)22-14-8-6-13(19)7-9-14)11-20-17(21-12)16-5-4-10-24(16)28(26,27)23(2)3/h6-9,11,16H,4-5,10H2,1-3H3,(H,22,25). The summed E-state index contributed by atoms with van der Waals surface area (Å²) >= 11 is 0. The van der Waals surface area contributed by atoms with Gasteiger partial charge in [-0.3, -0.25) is 4.79 Å². The van der Waals surface area contributed by atoms with E-state index in [1.807, 2.05) is 0 Å². The van der Waals surface area contributed by atoms with Crippen molar-refractivity contribution >= 4 is 21.8 Å². The summed E-state index contributed by atoms with van der Waals surface area (Å²) in [5.41, 5.74) is 1.17. The highest BCUT2D eigenvalue weighted by molar-refractivity contribution is 7.86. The fourth-order valence-electron chi connectivity index (χ4n) is 3.08. The van der Waals surface area contributed by atoms with Crippen LogP contribution in [0.5, 0.6) is 0 Å². The number of hydrogen-bond donors (Lipinski definition) is 1. The zero-order valence-electron chi connectivity index (χ0n) is 15.9. The second kappa shape index (κ2) is 7.90. The summed E-state index contributed by atoms with van der Waals surface area (Å²) in [7, 11) is -0.609. The fraction of sp³-hybridized carbons (Fsp3) is 0.389. The maximum atomic E-state index is 13.0. The molecule has 1 saturated heterocycles. The molecule has 0 bridgehead atoms. The summed E-state index contributed by atoms with van der Waals surface area (Å²) < 4.78 is 40.6. The highest BCUT2D eigenvalue weighted by Gasteiger charge is 2.38. The van der Waals surface area contributed by atoms with Crippen LogP contribution < -0.4 is 5.32 Å². The van der Waals surface area contributed by atoms with Gasteiger partial charge < -0.3 is 5.32 Å². The topological polar surface area (TPSA) is 95.5 Å². The van der Waals surface area contributed by atoms with Crippen LogP contribution in [0.4, 0.5) is 10.1 Å². The number of anilines is 1. The molecule has 1 fully saturated rings. The van der Waals surface area contributed by atoms with Crippen LogP contribution in [0.1, 0.15) is 40.8 Å². The molecule has 2 heterocycles. The van der Waals surface area contributed by atoms with Crippen LogP contribution >= 0.6 is 0 Å². The van der Waals surface area contributed by atoms with Gasteiger partial charge in [0.25, 0.3) is 16.1 Å². The van der Waals surface area contributed by atoms with Gasteiger partial charge >= 0.3 is 0 Å². The third kappa shape index (κ3) is 4.03. The average molecular weight is 407 g/mol. The minimum absolute atomic E-state index is 0.271. The van der Waals surface area contributed by atoms with Crippen LogP contribution in [0.15, 0.2) is 30.5 Å². The van der Waals surface area contributed by atoms with Gasteiger partial charge in [-0.2, -0.15) is 17.0 Å². The third-order valence-corrected chi connectivity index (χ3v) is 6.56. The first-order valence-electron chi connectivity index (χ1n) is 8.80. The number of carbonyl (C=O) groups excluding carboxylic acids is 1. The van der Waals surface area contributed by atoms with E-state index >= 15 is 0 Å². The van der Waals surface area contributed by atoms with E-state index in [0.717, 1.165) is 0 Å². The average Bonchev–Trinajstić information content (AvgIpc) is 3.14. The number of benzene rings is 1. The molecule has 1 atom stereocenters. The Hall–Kier alpha value is -2.43. The molecule has 1 aliphatic rings. The molecule has 2 aromatic rings. The highest BCUT2D eigenvalue weighted by atomic mass is 32.2. The molecule has 8 nitrogen and oxygen atoms in total. The van der Waals surface area contributed by atoms with Crippen molar-refractivity contribution in [1.82, 2.24) is 18.6 Å². The van der Waals surface area contributed by atoms with Crippen LogP contribution in [-0.2, 0) is 10.2 Å². The zero-order chi connectivity index (χ0) is 20.5. The Balaban J connectivity index is 1.82. The third-order valence-electron chi connectivity index (χ3n) is 4.60. The molecule has 0 radical (unpaired) electrons. The van der Waals surface area contributed by atoms with Gasteiger partial charge in [-0.1, -0.05) is 0 Å². The van der Waals surface area contributed by atoms with Gasteiger partial charge in [0.1, 0.15) is 11.6 Å².